The van der Waals surface area contributed by atoms with E-state index in [0.717, 1.165) is 22.6 Å². The van der Waals surface area contributed by atoms with Crippen LogP contribution in [0, 0.1) is 0 Å². The van der Waals surface area contributed by atoms with Gasteiger partial charge in [0.1, 0.15) is 0 Å². The Kier molecular flexibility index (Phi) is 3.06. The third kappa shape index (κ3) is 2.13. The van der Waals surface area contributed by atoms with Crippen molar-refractivity contribution in [2.24, 2.45) is 0 Å². The first-order valence-corrected chi connectivity index (χ1v) is 6.40. The first-order valence-electron chi connectivity index (χ1n) is 6.02. The molecule has 0 unspecified atom stereocenters. The molecule has 0 radical (unpaired) electrons. The van der Waals surface area contributed by atoms with Crippen LogP contribution in [0.1, 0.15) is 10.4 Å². The lowest BCUT2D eigenvalue weighted by molar-refractivity contribution is 0.112. The Labute approximate surface area is 116 Å². The molecule has 0 spiro atoms. The molecule has 3 rings (SSSR count). The molecular weight excluding hydrogens is 256 g/mol. The predicted molar refractivity (Wildman–Crippen MR) is 79.8 cm³/mol. The van der Waals surface area contributed by atoms with E-state index in [1.807, 2.05) is 36.4 Å². The van der Waals surface area contributed by atoms with Gasteiger partial charge in [0.25, 0.3) is 0 Å². The van der Waals surface area contributed by atoms with Crippen LogP contribution < -0.4 is 0 Å². The van der Waals surface area contributed by atoms with Crippen LogP contribution in [-0.4, -0.2) is 6.29 Å². The van der Waals surface area contributed by atoms with Crippen molar-refractivity contribution in [3.05, 3.63) is 71.2 Å². The molecule has 19 heavy (non-hydrogen) atoms. The Hall–Kier alpha value is -2.12. The number of benzene rings is 3. The normalized spacial score (nSPS) is 10.6. The molecular formula is C17H11ClO. The fourth-order valence-corrected chi connectivity index (χ4v) is 2.49. The largest absolute Gasteiger partial charge is 0.298 e. The number of hydrogen-bond donors (Lipinski definition) is 0. The SMILES string of the molecule is O=Cc1ccc2cc(-c3ccccc3)ccc2c1Cl. The summed E-state index contributed by atoms with van der Waals surface area (Å²) in [6.07, 6.45) is 0.785. The average Bonchev–Trinajstić information content (AvgIpc) is 2.48. The highest BCUT2D eigenvalue weighted by molar-refractivity contribution is 6.37. The van der Waals surface area contributed by atoms with Crippen molar-refractivity contribution < 1.29 is 4.79 Å². The number of aldehydes is 1. The maximum absolute atomic E-state index is 10.9. The van der Waals surface area contributed by atoms with Crippen LogP contribution in [0.4, 0.5) is 0 Å². The van der Waals surface area contributed by atoms with Gasteiger partial charge in [-0.1, -0.05) is 60.1 Å². The zero-order valence-electron chi connectivity index (χ0n) is 10.1. The fraction of sp³-hybridized carbons (Fsp3) is 0. The first-order chi connectivity index (χ1) is 9.29. The summed E-state index contributed by atoms with van der Waals surface area (Å²) in [6, 6.07) is 19.9. The van der Waals surface area contributed by atoms with E-state index in [1.165, 1.54) is 5.56 Å². The maximum Gasteiger partial charge on any atom is 0.151 e. The molecule has 0 aliphatic carbocycles. The van der Waals surface area contributed by atoms with Gasteiger partial charge in [0.15, 0.2) is 6.29 Å². The first kappa shape index (κ1) is 11.9. The molecule has 0 aromatic heterocycles. The Bertz CT molecular complexity index is 748. The van der Waals surface area contributed by atoms with E-state index in [4.69, 9.17) is 11.6 Å². The van der Waals surface area contributed by atoms with E-state index in [1.54, 1.807) is 6.07 Å². The van der Waals surface area contributed by atoms with Gasteiger partial charge in [0.05, 0.1) is 5.02 Å². The van der Waals surface area contributed by atoms with Crippen LogP contribution in [0.25, 0.3) is 21.9 Å². The van der Waals surface area contributed by atoms with Gasteiger partial charge in [-0.05, 0) is 28.6 Å². The third-order valence-corrected chi connectivity index (χ3v) is 3.64. The lowest BCUT2D eigenvalue weighted by atomic mass is 10.00. The Morgan fingerprint density at radius 1 is 0.842 bits per heavy atom. The average molecular weight is 267 g/mol. The molecule has 0 atom stereocenters. The Balaban J connectivity index is 2.20. The van der Waals surface area contributed by atoms with Gasteiger partial charge in [-0.3, -0.25) is 4.79 Å². The van der Waals surface area contributed by atoms with E-state index in [9.17, 15) is 4.79 Å². The smallest absolute Gasteiger partial charge is 0.151 e. The summed E-state index contributed by atoms with van der Waals surface area (Å²) in [7, 11) is 0. The van der Waals surface area contributed by atoms with Gasteiger partial charge >= 0.3 is 0 Å². The minimum atomic E-state index is 0.520. The lowest BCUT2D eigenvalue weighted by Gasteiger charge is -2.06. The topological polar surface area (TPSA) is 17.1 Å². The summed E-state index contributed by atoms with van der Waals surface area (Å²) in [5.74, 6) is 0. The van der Waals surface area contributed by atoms with Gasteiger partial charge < -0.3 is 0 Å². The molecule has 3 aromatic carbocycles. The summed E-state index contributed by atoms with van der Waals surface area (Å²) in [5.41, 5.74) is 2.84. The number of carbonyl (C=O) groups is 1. The lowest BCUT2D eigenvalue weighted by Crippen LogP contribution is -1.85. The zero-order valence-corrected chi connectivity index (χ0v) is 10.9. The fourth-order valence-electron chi connectivity index (χ4n) is 2.21. The molecule has 0 aliphatic rings. The van der Waals surface area contributed by atoms with Crippen molar-refractivity contribution in [2.75, 3.05) is 0 Å². The number of halogens is 1. The standard InChI is InChI=1S/C17H11ClO/c18-17-15(11-19)7-6-14-10-13(8-9-16(14)17)12-4-2-1-3-5-12/h1-11H. The number of fused-ring (bicyclic) bond motifs is 1. The molecule has 0 amide bonds. The number of hydrogen-bond acceptors (Lipinski definition) is 1. The summed E-state index contributed by atoms with van der Waals surface area (Å²) < 4.78 is 0. The van der Waals surface area contributed by atoms with E-state index in [0.29, 0.717) is 10.6 Å². The molecule has 0 saturated carbocycles. The zero-order chi connectivity index (χ0) is 13.2. The van der Waals surface area contributed by atoms with Crippen molar-refractivity contribution >= 4 is 28.7 Å². The van der Waals surface area contributed by atoms with Gasteiger partial charge in [0, 0.05) is 10.9 Å². The molecule has 0 heterocycles. The predicted octanol–water partition coefficient (Wildman–Crippen LogP) is 4.97. The molecule has 92 valence electrons. The highest BCUT2D eigenvalue weighted by Gasteiger charge is 2.06. The van der Waals surface area contributed by atoms with E-state index < -0.39 is 0 Å². The quantitative estimate of drug-likeness (QED) is 0.598. The van der Waals surface area contributed by atoms with Gasteiger partial charge in [0.2, 0.25) is 0 Å². The minimum Gasteiger partial charge on any atom is -0.298 e. The Morgan fingerprint density at radius 3 is 2.37 bits per heavy atom. The second kappa shape index (κ2) is 4.87. The monoisotopic (exact) mass is 266 g/mol. The highest BCUT2D eigenvalue weighted by Crippen LogP contribution is 2.30. The number of carbonyl (C=O) groups excluding carboxylic acids is 1. The molecule has 3 aromatic rings. The molecule has 0 bridgehead atoms. The summed E-state index contributed by atoms with van der Waals surface area (Å²) in [5, 5.41) is 2.47. The van der Waals surface area contributed by atoms with E-state index in [2.05, 4.69) is 18.2 Å². The van der Waals surface area contributed by atoms with Crippen LogP contribution in [0.5, 0.6) is 0 Å². The van der Waals surface area contributed by atoms with Gasteiger partial charge in [-0.2, -0.15) is 0 Å². The summed E-state index contributed by atoms with van der Waals surface area (Å²) in [4.78, 5) is 10.9. The molecule has 0 N–H and O–H groups in total. The highest BCUT2D eigenvalue weighted by atomic mass is 35.5. The molecule has 0 saturated heterocycles. The van der Waals surface area contributed by atoms with Gasteiger partial charge in [-0.15, -0.1) is 0 Å². The van der Waals surface area contributed by atoms with E-state index in [-0.39, 0.29) is 0 Å². The van der Waals surface area contributed by atoms with Crippen LogP contribution in [0.15, 0.2) is 60.7 Å². The van der Waals surface area contributed by atoms with Crippen molar-refractivity contribution in [2.45, 2.75) is 0 Å². The van der Waals surface area contributed by atoms with Crippen molar-refractivity contribution in [1.82, 2.24) is 0 Å². The van der Waals surface area contributed by atoms with Crippen molar-refractivity contribution in [1.29, 1.82) is 0 Å². The maximum atomic E-state index is 10.9. The minimum absolute atomic E-state index is 0.520. The van der Waals surface area contributed by atoms with Crippen LogP contribution in [0.2, 0.25) is 5.02 Å². The molecule has 0 fully saturated rings. The van der Waals surface area contributed by atoms with Crippen molar-refractivity contribution in [3.63, 3.8) is 0 Å². The van der Waals surface area contributed by atoms with Crippen LogP contribution >= 0.6 is 11.6 Å². The summed E-state index contributed by atoms with van der Waals surface area (Å²) >= 11 is 6.21. The van der Waals surface area contributed by atoms with Gasteiger partial charge in [-0.25, -0.2) is 0 Å². The summed E-state index contributed by atoms with van der Waals surface area (Å²) in [6.45, 7) is 0. The van der Waals surface area contributed by atoms with Crippen LogP contribution in [0.3, 0.4) is 0 Å². The van der Waals surface area contributed by atoms with Crippen molar-refractivity contribution in [3.8, 4) is 11.1 Å². The molecule has 1 nitrogen and oxygen atoms in total. The second-order valence-electron chi connectivity index (χ2n) is 4.39. The van der Waals surface area contributed by atoms with E-state index >= 15 is 0 Å². The third-order valence-electron chi connectivity index (χ3n) is 3.22. The number of rotatable bonds is 2. The molecule has 0 aliphatic heterocycles. The Morgan fingerprint density at radius 2 is 1.63 bits per heavy atom. The second-order valence-corrected chi connectivity index (χ2v) is 4.77. The van der Waals surface area contributed by atoms with Crippen LogP contribution in [-0.2, 0) is 0 Å². The molecule has 2 heteroatoms.